The molecule has 1 aromatic rings. The molecule has 1 fully saturated rings. The quantitative estimate of drug-likeness (QED) is 0.842. The predicted molar refractivity (Wildman–Crippen MR) is 63.2 cm³/mol. The summed E-state index contributed by atoms with van der Waals surface area (Å²) in [5.74, 6) is 0.555. The first kappa shape index (κ1) is 11.6. The molecule has 0 aromatic carbocycles. The Morgan fingerprint density at radius 3 is 3.00 bits per heavy atom. The molecule has 2 heterocycles. The highest BCUT2D eigenvalue weighted by Gasteiger charge is 2.32. The normalized spacial score (nSPS) is 27.2. The van der Waals surface area contributed by atoms with Crippen molar-refractivity contribution in [2.45, 2.75) is 39.0 Å². The van der Waals surface area contributed by atoms with Gasteiger partial charge < -0.3 is 10.1 Å². The zero-order chi connectivity index (χ0) is 11.5. The van der Waals surface area contributed by atoms with Crippen molar-refractivity contribution in [3.8, 4) is 0 Å². The highest BCUT2D eigenvalue weighted by molar-refractivity contribution is 5.13. The lowest BCUT2D eigenvalue weighted by Crippen LogP contribution is -2.29. The lowest BCUT2D eigenvalue weighted by Gasteiger charge is -2.24. The predicted octanol–water partition coefficient (Wildman–Crippen LogP) is 1.59. The molecule has 0 bridgehead atoms. The molecule has 2 rings (SSSR count). The summed E-state index contributed by atoms with van der Waals surface area (Å²) >= 11 is 0. The molecule has 3 unspecified atom stereocenters. The van der Waals surface area contributed by atoms with Gasteiger partial charge in [-0.2, -0.15) is 5.10 Å². The molecule has 4 heteroatoms. The summed E-state index contributed by atoms with van der Waals surface area (Å²) in [6.45, 7) is 6.07. The van der Waals surface area contributed by atoms with Gasteiger partial charge in [-0.25, -0.2) is 0 Å². The molecule has 1 N–H and O–H groups in total. The van der Waals surface area contributed by atoms with Crippen molar-refractivity contribution in [3.05, 3.63) is 18.0 Å². The maximum absolute atomic E-state index is 5.64. The average Bonchev–Trinajstić information content (AvgIpc) is 2.90. The summed E-state index contributed by atoms with van der Waals surface area (Å²) in [6, 6.07) is 0.359. The van der Waals surface area contributed by atoms with E-state index in [1.165, 1.54) is 5.56 Å². The van der Waals surface area contributed by atoms with Gasteiger partial charge in [-0.15, -0.1) is 0 Å². The van der Waals surface area contributed by atoms with Crippen molar-refractivity contribution in [1.29, 1.82) is 0 Å². The van der Waals surface area contributed by atoms with Crippen LogP contribution in [0.2, 0.25) is 0 Å². The molecule has 0 aliphatic carbocycles. The Morgan fingerprint density at radius 1 is 1.69 bits per heavy atom. The fourth-order valence-electron chi connectivity index (χ4n) is 2.53. The Bertz CT molecular complexity index is 337. The van der Waals surface area contributed by atoms with E-state index in [1.807, 2.05) is 17.9 Å². The second kappa shape index (κ2) is 4.97. The summed E-state index contributed by atoms with van der Waals surface area (Å²) in [5, 5.41) is 7.73. The second-order valence-electron chi connectivity index (χ2n) is 4.42. The molecule has 0 saturated carbocycles. The van der Waals surface area contributed by atoms with Gasteiger partial charge in [0.2, 0.25) is 0 Å². The average molecular weight is 223 g/mol. The van der Waals surface area contributed by atoms with Crippen LogP contribution >= 0.6 is 0 Å². The summed E-state index contributed by atoms with van der Waals surface area (Å²) in [4.78, 5) is 0. The third-order valence-corrected chi connectivity index (χ3v) is 3.51. The molecule has 90 valence electrons. The first-order valence-corrected chi connectivity index (χ1v) is 6.07. The molecule has 16 heavy (non-hydrogen) atoms. The lowest BCUT2D eigenvalue weighted by molar-refractivity contribution is 0.0963. The topological polar surface area (TPSA) is 39.1 Å². The molecule has 0 radical (unpaired) electrons. The Balaban J connectivity index is 2.15. The van der Waals surface area contributed by atoms with Gasteiger partial charge in [-0.3, -0.25) is 4.68 Å². The molecule has 3 atom stereocenters. The fourth-order valence-corrected chi connectivity index (χ4v) is 2.53. The maximum Gasteiger partial charge on any atom is 0.0594 e. The summed E-state index contributed by atoms with van der Waals surface area (Å²) in [5.41, 5.74) is 1.27. The number of aromatic nitrogens is 2. The van der Waals surface area contributed by atoms with Crippen molar-refractivity contribution in [2.75, 3.05) is 13.7 Å². The van der Waals surface area contributed by atoms with Crippen molar-refractivity contribution in [1.82, 2.24) is 15.1 Å². The monoisotopic (exact) mass is 223 g/mol. The maximum atomic E-state index is 5.64. The molecular weight excluding hydrogens is 202 g/mol. The van der Waals surface area contributed by atoms with Crippen LogP contribution in [0.25, 0.3) is 0 Å². The summed E-state index contributed by atoms with van der Waals surface area (Å²) in [7, 11) is 2.01. The van der Waals surface area contributed by atoms with Gasteiger partial charge >= 0.3 is 0 Å². The number of hydrogen-bond acceptors (Lipinski definition) is 3. The van der Waals surface area contributed by atoms with E-state index < -0.39 is 0 Å². The number of nitrogens with zero attached hydrogens (tertiary/aromatic N) is 2. The molecule has 1 aromatic heterocycles. The highest BCUT2D eigenvalue weighted by atomic mass is 16.5. The zero-order valence-corrected chi connectivity index (χ0v) is 10.3. The fraction of sp³-hybridized carbons (Fsp3) is 0.750. The zero-order valence-electron chi connectivity index (χ0n) is 10.3. The van der Waals surface area contributed by atoms with Crippen molar-refractivity contribution < 1.29 is 4.74 Å². The summed E-state index contributed by atoms with van der Waals surface area (Å²) < 4.78 is 7.61. The van der Waals surface area contributed by atoms with Crippen LogP contribution in [-0.4, -0.2) is 29.5 Å². The Morgan fingerprint density at radius 2 is 2.50 bits per heavy atom. The van der Waals surface area contributed by atoms with E-state index in [0.717, 1.165) is 19.6 Å². The highest BCUT2D eigenvalue weighted by Crippen LogP contribution is 2.32. The SMILES string of the molecule is CCn1cc(C(NC)C2CCOC2C)cn1. The van der Waals surface area contributed by atoms with Gasteiger partial charge in [0.1, 0.15) is 0 Å². The Hall–Kier alpha value is -0.870. The lowest BCUT2D eigenvalue weighted by atomic mass is 9.90. The van der Waals surface area contributed by atoms with E-state index in [4.69, 9.17) is 4.74 Å². The number of ether oxygens (including phenoxy) is 1. The van der Waals surface area contributed by atoms with Crippen LogP contribution in [0, 0.1) is 5.92 Å². The molecule has 1 aliphatic rings. The van der Waals surface area contributed by atoms with E-state index in [9.17, 15) is 0 Å². The van der Waals surface area contributed by atoms with E-state index in [1.54, 1.807) is 0 Å². The standard InChI is InChI=1S/C12H21N3O/c1-4-15-8-10(7-14-15)12(13-3)11-5-6-16-9(11)2/h7-9,11-13H,4-6H2,1-3H3. The largest absolute Gasteiger partial charge is 0.378 e. The minimum atomic E-state index is 0.336. The van der Waals surface area contributed by atoms with Crippen LogP contribution in [0.4, 0.5) is 0 Å². The molecular formula is C12H21N3O. The van der Waals surface area contributed by atoms with Crippen LogP contribution in [0.1, 0.15) is 31.9 Å². The minimum absolute atomic E-state index is 0.336. The first-order chi connectivity index (χ1) is 7.76. The molecule has 1 saturated heterocycles. The van der Waals surface area contributed by atoms with Gasteiger partial charge in [0, 0.05) is 36.9 Å². The summed E-state index contributed by atoms with van der Waals surface area (Å²) in [6.07, 6.45) is 5.56. The molecule has 0 spiro atoms. The third kappa shape index (κ3) is 2.13. The van der Waals surface area contributed by atoms with Gasteiger partial charge in [-0.05, 0) is 27.3 Å². The first-order valence-electron chi connectivity index (χ1n) is 6.07. The number of nitrogens with one attached hydrogen (secondary N) is 1. The van der Waals surface area contributed by atoms with Gasteiger partial charge in [0.25, 0.3) is 0 Å². The Labute approximate surface area is 97.0 Å². The molecule has 1 aliphatic heterocycles. The van der Waals surface area contributed by atoms with E-state index >= 15 is 0 Å². The van der Waals surface area contributed by atoms with Gasteiger partial charge in [0.15, 0.2) is 0 Å². The van der Waals surface area contributed by atoms with Crippen molar-refractivity contribution in [3.63, 3.8) is 0 Å². The minimum Gasteiger partial charge on any atom is -0.378 e. The van der Waals surface area contributed by atoms with E-state index in [-0.39, 0.29) is 0 Å². The third-order valence-electron chi connectivity index (χ3n) is 3.51. The van der Waals surface area contributed by atoms with Crippen LogP contribution in [0.15, 0.2) is 12.4 Å². The van der Waals surface area contributed by atoms with Crippen LogP contribution < -0.4 is 5.32 Å². The number of hydrogen-bond donors (Lipinski definition) is 1. The van der Waals surface area contributed by atoms with Crippen molar-refractivity contribution in [2.24, 2.45) is 5.92 Å². The van der Waals surface area contributed by atoms with Crippen LogP contribution in [0.3, 0.4) is 0 Å². The van der Waals surface area contributed by atoms with Crippen LogP contribution in [0.5, 0.6) is 0 Å². The van der Waals surface area contributed by atoms with Crippen LogP contribution in [-0.2, 0) is 11.3 Å². The van der Waals surface area contributed by atoms with Gasteiger partial charge in [0.05, 0.1) is 12.3 Å². The van der Waals surface area contributed by atoms with E-state index in [0.29, 0.717) is 18.1 Å². The smallest absolute Gasteiger partial charge is 0.0594 e. The number of aryl methyl sites for hydroxylation is 1. The van der Waals surface area contributed by atoms with Crippen molar-refractivity contribution >= 4 is 0 Å². The van der Waals surface area contributed by atoms with E-state index in [2.05, 4.69) is 30.5 Å². The van der Waals surface area contributed by atoms with Gasteiger partial charge in [-0.1, -0.05) is 0 Å². The molecule has 4 nitrogen and oxygen atoms in total. The Kier molecular flexibility index (Phi) is 3.61. The second-order valence-corrected chi connectivity index (χ2v) is 4.42. The molecule has 0 amide bonds. The number of rotatable bonds is 4.